The van der Waals surface area contributed by atoms with Gasteiger partial charge in [-0.3, -0.25) is 0 Å². The lowest BCUT2D eigenvalue weighted by atomic mass is 9.93. The second kappa shape index (κ2) is 7.02. The number of benzene rings is 2. The Kier molecular flexibility index (Phi) is 4.32. The summed E-state index contributed by atoms with van der Waals surface area (Å²) in [6.45, 7) is 5.13. The van der Waals surface area contributed by atoms with Crippen molar-refractivity contribution >= 4 is 32.6 Å². The molecule has 32 heavy (non-hydrogen) atoms. The summed E-state index contributed by atoms with van der Waals surface area (Å²) in [5.41, 5.74) is 4.94. The lowest BCUT2D eigenvalue weighted by Gasteiger charge is -2.23. The molecule has 2 aromatic carbocycles. The van der Waals surface area contributed by atoms with Crippen LogP contribution >= 0.6 is 11.3 Å². The van der Waals surface area contributed by atoms with Gasteiger partial charge >= 0.3 is 0 Å². The van der Waals surface area contributed by atoms with Crippen LogP contribution in [0.4, 0.5) is 0 Å². The van der Waals surface area contributed by atoms with E-state index in [-0.39, 0.29) is 5.41 Å². The summed E-state index contributed by atoms with van der Waals surface area (Å²) in [5, 5.41) is 12.0. The summed E-state index contributed by atoms with van der Waals surface area (Å²) in [5.74, 6) is 1.86. The summed E-state index contributed by atoms with van der Waals surface area (Å²) in [4.78, 5) is 14.2. The zero-order valence-electron chi connectivity index (χ0n) is 18.1. The van der Waals surface area contributed by atoms with Crippen molar-refractivity contribution in [1.29, 1.82) is 0 Å². The Morgan fingerprint density at radius 2 is 1.94 bits per heavy atom. The second-order valence-electron chi connectivity index (χ2n) is 8.84. The Morgan fingerprint density at radius 1 is 1.12 bits per heavy atom. The summed E-state index contributed by atoms with van der Waals surface area (Å²) < 4.78 is 18.0. The van der Waals surface area contributed by atoms with Crippen LogP contribution in [0.3, 0.4) is 0 Å². The third kappa shape index (κ3) is 3.01. The van der Waals surface area contributed by atoms with Crippen LogP contribution in [-0.4, -0.2) is 40.4 Å². The van der Waals surface area contributed by atoms with Gasteiger partial charge in [0.2, 0.25) is 5.88 Å². The largest absolute Gasteiger partial charge is 0.486 e. The summed E-state index contributed by atoms with van der Waals surface area (Å²) in [6, 6.07) is 5.97. The minimum Gasteiger partial charge on any atom is -0.486 e. The molecule has 2 aliphatic rings. The highest BCUT2D eigenvalue weighted by molar-refractivity contribution is 7.22. The highest BCUT2D eigenvalue weighted by atomic mass is 32.1. The third-order valence-electron chi connectivity index (χ3n) is 6.41. The van der Waals surface area contributed by atoms with Crippen molar-refractivity contribution in [3.63, 3.8) is 0 Å². The molecule has 0 bridgehead atoms. The Hall–Kier alpha value is -2.97. The maximum Gasteiger partial charge on any atom is 0.232 e. The SMILES string of the molecule is COc1cnc2c(-c3nc4c(C(O)C5(C)CC5)cc5c(c4s3)OCCO5)cc(C)cc2n1. The monoisotopic (exact) mass is 449 g/mol. The molecule has 0 saturated heterocycles. The molecule has 0 spiro atoms. The fourth-order valence-electron chi connectivity index (χ4n) is 4.27. The summed E-state index contributed by atoms with van der Waals surface area (Å²) >= 11 is 1.53. The Bertz CT molecular complexity index is 1380. The van der Waals surface area contributed by atoms with Crippen molar-refractivity contribution in [2.75, 3.05) is 20.3 Å². The number of fused-ring (bicyclic) bond motifs is 4. The number of hydrogen-bond acceptors (Lipinski definition) is 8. The van der Waals surface area contributed by atoms with Gasteiger partial charge in [0.1, 0.15) is 22.9 Å². The normalized spacial score (nSPS) is 17.5. The zero-order chi connectivity index (χ0) is 22.0. The quantitative estimate of drug-likeness (QED) is 0.478. The molecule has 7 nitrogen and oxygen atoms in total. The van der Waals surface area contributed by atoms with E-state index in [1.165, 1.54) is 11.3 Å². The van der Waals surface area contributed by atoms with Gasteiger partial charge in [-0.15, -0.1) is 11.3 Å². The molecule has 4 aromatic rings. The van der Waals surface area contributed by atoms with Crippen molar-refractivity contribution < 1.29 is 19.3 Å². The van der Waals surface area contributed by atoms with E-state index in [1.807, 2.05) is 19.1 Å². The molecule has 0 amide bonds. The highest BCUT2D eigenvalue weighted by Gasteiger charge is 2.46. The molecule has 1 atom stereocenters. The van der Waals surface area contributed by atoms with Crippen molar-refractivity contribution in [2.45, 2.75) is 32.8 Å². The highest BCUT2D eigenvalue weighted by Crippen LogP contribution is 2.57. The maximum absolute atomic E-state index is 11.2. The van der Waals surface area contributed by atoms with Crippen molar-refractivity contribution in [3.05, 3.63) is 35.5 Å². The molecular formula is C24H23N3O4S. The number of nitrogens with zero attached hydrogens (tertiary/aromatic N) is 3. The van der Waals surface area contributed by atoms with Crippen LogP contribution in [0.5, 0.6) is 17.4 Å². The fraction of sp³-hybridized carbons (Fsp3) is 0.375. The van der Waals surface area contributed by atoms with Crippen LogP contribution in [0.1, 0.15) is 37.0 Å². The van der Waals surface area contributed by atoms with Crippen LogP contribution in [0, 0.1) is 12.3 Å². The van der Waals surface area contributed by atoms with Crippen LogP contribution in [0.2, 0.25) is 0 Å². The van der Waals surface area contributed by atoms with E-state index >= 15 is 0 Å². The van der Waals surface area contributed by atoms with E-state index in [1.54, 1.807) is 13.3 Å². The number of aromatic nitrogens is 3. The van der Waals surface area contributed by atoms with Gasteiger partial charge in [0.25, 0.3) is 0 Å². The molecular weight excluding hydrogens is 426 g/mol. The molecule has 3 heterocycles. The van der Waals surface area contributed by atoms with Gasteiger partial charge < -0.3 is 19.3 Å². The molecule has 164 valence electrons. The number of aryl methyl sites for hydroxylation is 1. The average molecular weight is 450 g/mol. The smallest absolute Gasteiger partial charge is 0.232 e. The van der Waals surface area contributed by atoms with Gasteiger partial charge in [0, 0.05) is 11.1 Å². The molecule has 1 aliphatic carbocycles. The Labute approximate surface area is 189 Å². The second-order valence-corrected chi connectivity index (χ2v) is 9.83. The minimum atomic E-state index is -0.603. The first kappa shape index (κ1) is 19.7. The number of aliphatic hydroxyl groups is 1. The maximum atomic E-state index is 11.2. The zero-order valence-corrected chi connectivity index (χ0v) is 19.0. The first-order chi connectivity index (χ1) is 15.5. The first-order valence-electron chi connectivity index (χ1n) is 10.7. The van der Waals surface area contributed by atoms with Gasteiger partial charge in [-0.2, -0.15) is 0 Å². The fourth-order valence-corrected chi connectivity index (χ4v) is 5.38. The van der Waals surface area contributed by atoms with Gasteiger partial charge in [-0.05, 0) is 48.9 Å². The van der Waals surface area contributed by atoms with Crippen molar-refractivity contribution in [2.24, 2.45) is 5.41 Å². The number of methoxy groups -OCH3 is 1. The lowest BCUT2D eigenvalue weighted by molar-refractivity contribution is 0.104. The van der Waals surface area contributed by atoms with Crippen molar-refractivity contribution in [1.82, 2.24) is 15.0 Å². The molecule has 1 saturated carbocycles. The standard InChI is InChI=1S/C24H23N3O4S/c1-12-8-14(18-15(9-12)26-17(29-3)11-25-18)23-27-19-13(22(28)24(2)4-5-24)10-16-20(21(19)32-23)31-7-6-30-16/h8-11,22,28H,4-7H2,1-3H3. The van der Waals surface area contributed by atoms with Crippen LogP contribution < -0.4 is 14.2 Å². The molecule has 1 unspecified atom stereocenters. The van der Waals surface area contributed by atoms with E-state index < -0.39 is 6.10 Å². The Morgan fingerprint density at radius 3 is 2.72 bits per heavy atom. The molecule has 1 aliphatic heterocycles. The number of aliphatic hydroxyl groups excluding tert-OH is 1. The number of hydrogen-bond donors (Lipinski definition) is 1. The molecule has 6 rings (SSSR count). The van der Waals surface area contributed by atoms with Gasteiger partial charge in [-0.1, -0.05) is 6.92 Å². The van der Waals surface area contributed by atoms with E-state index in [2.05, 4.69) is 23.0 Å². The third-order valence-corrected chi connectivity index (χ3v) is 7.49. The van der Waals surface area contributed by atoms with Crippen LogP contribution in [0.25, 0.3) is 31.8 Å². The van der Waals surface area contributed by atoms with Crippen molar-refractivity contribution in [3.8, 4) is 28.0 Å². The van der Waals surface area contributed by atoms with Crippen LogP contribution in [-0.2, 0) is 0 Å². The molecule has 1 N–H and O–H groups in total. The van der Waals surface area contributed by atoms with E-state index in [0.29, 0.717) is 30.6 Å². The number of rotatable bonds is 4. The lowest BCUT2D eigenvalue weighted by Crippen LogP contribution is -2.17. The first-order valence-corrected chi connectivity index (χ1v) is 11.5. The predicted molar refractivity (Wildman–Crippen MR) is 123 cm³/mol. The minimum absolute atomic E-state index is 0.113. The summed E-state index contributed by atoms with van der Waals surface area (Å²) in [6.07, 6.45) is 3.02. The average Bonchev–Trinajstić information content (AvgIpc) is 3.40. The molecule has 2 aromatic heterocycles. The van der Waals surface area contributed by atoms with E-state index in [9.17, 15) is 5.11 Å². The molecule has 1 fully saturated rings. The molecule has 8 heteroatoms. The van der Waals surface area contributed by atoms with Gasteiger partial charge in [0.05, 0.1) is 36.0 Å². The van der Waals surface area contributed by atoms with E-state index in [4.69, 9.17) is 19.2 Å². The van der Waals surface area contributed by atoms with Gasteiger partial charge in [0.15, 0.2) is 11.5 Å². The Balaban J connectivity index is 1.60. The number of ether oxygens (including phenoxy) is 3. The molecule has 0 radical (unpaired) electrons. The topological polar surface area (TPSA) is 86.6 Å². The number of thiazole rings is 1. The van der Waals surface area contributed by atoms with E-state index in [0.717, 1.165) is 55.8 Å². The van der Waals surface area contributed by atoms with Gasteiger partial charge in [-0.25, -0.2) is 15.0 Å². The summed E-state index contributed by atoms with van der Waals surface area (Å²) in [7, 11) is 1.58. The predicted octanol–water partition coefficient (Wildman–Crippen LogP) is 4.83. The van der Waals surface area contributed by atoms with Crippen LogP contribution in [0.15, 0.2) is 24.4 Å².